The Bertz CT molecular complexity index is 89.3. The summed E-state index contributed by atoms with van der Waals surface area (Å²) in [5, 5.41) is 0. The molecule has 0 saturated heterocycles. The van der Waals surface area contributed by atoms with Crippen LogP contribution in [0.5, 0.6) is 0 Å². The minimum atomic E-state index is -0.184. The number of hydrogen-bond acceptors (Lipinski definition) is 2. The Hall–Kier alpha value is -0.530. The molecule has 0 unspecified atom stereocenters. The van der Waals surface area contributed by atoms with Crippen LogP contribution >= 0.6 is 0 Å². The first-order chi connectivity index (χ1) is 4.81. The van der Waals surface area contributed by atoms with Crippen molar-refractivity contribution in [3.8, 4) is 0 Å². The molecule has 2 heteroatoms. The normalized spacial score (nSPS) is 9.40. The summed E-state index contributed by atoms with van der Waals surface area (Å²) in [6, 6.07) is 0. The molecule has 0 atom stereocenters. The van der Waals surface area contributed by atoms with Gasteiger partial charge in [0.2, 0.25) is 0 Å². The molecule has 0 bridgehead atoms. The third-order valence-corrected chi connectivity index (χ3v) is 1.11. The first kappa shape index (κ1) is 9.47. The van der Waals surface area contributed by atoms with Crippen molar-refractivity contribution in [2.75, 3.05) is 6.61 Å². The summed E-state index contributed by atoms with van der Waals surface area (Å²) in [7, 11) is 0. The Labute approximate surface area is 62.6 Å². The Morgan fingerprint density at radius 1 is 1.50 bits per heavy atom. The summed E-state index contributed by atoms with van der Waals surface area (Å²) in [6.07, 6.45) is 4.34. The molecule has 0 rings (SSSR count). The zero-order chi connectivity index (χ0) is 7.82. The van der Waals surface area contributed by atoms with Crippen molar-refractivity contribution in [3.63, 3.8) is 0 Å². The van der Waals surface area contributed by atoms with Crippen LogP contribution in [0, 0.1) is 6.42 Å². The van der Waals surface area contributed by atoms with E-state index in [1.807, 2.05) is 6.92 Å². The van der Waals surface area contributed by atoms with Gasteiger partial charge in [0, 0.05) is 0 Å². The molecule has 0 saturated carbocycles. The summed E-state index contributed by atoms with van der Waals surface area (Å²) in [6.45, 7) is 4.55. The third kappa shape index (κ3) is 5.60. The van der Waals surface area contributed by atoms with Gasteiger partial charge in [0.05, 0.1) is 13.0 Å². The van der Waals surface area contributed by atoms with E-state index in [1.54, 1.807) is 6.42 Å². The van der Waals surface area contributed by atoms with E-state index in [-0.39, 0.29) is 5.97 Å². The molecule has 0 aliphatic rings. The smallest absolute Gasteiger partial charge is 0.309 e. The second-order valence-corrected chi connectivity index (χ2v) is 2.13. The molecule has 0 spiro atoms. The number of unbranched alkanes of at least 4 members (excludes halogenated alkanes) is 1. The highest BCUT2D eigenvalue weighted by atomic mass is 16.5. The van der Waals surface area contributed by atoms with Crippen molar-refractivity contribution in [2.24, 2.45) is 0 Å². The van der Waals surface area contributed by atoms with Crippen molar-refractivity contribution in [1.29, 1.82) is 0 Å². The topological polar surface area (TPSA) is 26.3 Å². The lowest BCUT2D eigenvalue weighted by Crippen LogP contribution is -2.05. The Balaban J connectivity index is 3.05. The Morgan fingerprint density at radius 3 is 2.70 bits per heavy atom. The van der Waals surface area contributed by atoms with Gasteiger partial charge >= 0.3 is 5.97 Å². The number of esters is 1. The summed E-state index contributed by atoms with van der Waals surface area (Å²) < 4.78 is 4.83. The molecule has 59 valence electrons. The molecule has 0 aromatic carbocycles. The van der Waals surface area contributed by atoms with E-state index in [9.17, 15) is 4.79 Å². The average Bonchev–Trinajstić information content (AvgIpc) is 1.89. The van der Waals surface area contributed by atoms with Crippen LogP contribution < -0.4 is 0 Å². The number of ether oxygens (including phenoxy) is 1. The van der Waals surface area contributed by atoms with Gasteiger partial charge in [-0.1, -0.05) is 20.3 Å². The molecule has 10 heavy (non-hydrogen) atoms. The van der Waals surface area contributed by atoms with E-state index in [2.05, 4.69) is 6.92 Å². The van der Waals surface area contributed by atoms with Gasteiger partial charge in [0.15, 0.2) is 0 Å². The minimum absolute atomic E-state index is 0.184. The highest BCUT2D eigenvalue weighted by molar-refractivity contribution is 5.78. The van der Waals surface area contributed by atoms with E-state index in [0.717, 1.165) is 19.3 Å². The molecule has 0 fully saturated rings. The fraction of sp³-hybridized carbons (Fsp3) is 0.750. The fourth-order valence-corrected chi connectivity index (χ4v) is 0.543. The Kier molecular flexibility index (Phi) is 6.24. The maximum Gasteiger partial charge on any atom is 0.309 e. The van der Waals surface area contributed by atoms with Gasteiger partial charge in [-0.25, -0.2) is 0 Å². The van der Waals surface area contributed by atoms with E-state index in [0.29, 0.717) is 6.61 Å². The predicted molar refractivity (Wildman–Crippen MR) is 40.5 cm³/mol. The van der Waals surface area contributed by atoms with Gasteiger partial charge in [-0.3, -0.25) is 4.79 Å². The molecule has 0 N–H and O–H groups in total. The molecule has 0 aliphatic carbocycles. The number of carbonyl (C=O) groups excluding carboxylic acids is 1. The van der Waals surface area contributed by atoms with E-state index in [4.69, 9.17) is 4.74 Å². The number of rotatable bonds is 5. The van der Waals surface area contributed by atoms with Crippen molar-refractivity contribution in [3.05, 3.63) is 6.42 Å². The summed E-state index contributed by atoms with van der Waals surface area (Å²) in [5.74, 6) is -0.184. The van der Waals surface area contributed by atoms with Crippen LogP contribution in [-0.4, -0.2) is 12.6 Å². The molecule has 1 radical (unpaired) electrons. The lowest BCUT2D eigenvalue weighted by molar-refractivity contribution is -0.139. The first-order valence-electron chi connectivity index (χ1n) is 3.81. The Morgan fingerprint density at radius 2 is 2.20 bits per heavy atom. The van der Waals surface area contributed by atoms with Crippen LogP contribution in [0.1, 0.15) is 33.1 Å². The van der Waals surface area contributed by atoms with Crippen molar-refractivity contribution in [1.82, 2.24) is 0 Å². The monoisotopic (exact) mass is 143 g/mol. The molecule has 0 amide bonds. The highest BCUT2D eigenvalue weighted by Crippen LogP contribution is 1.92. The first-order valence-corrected chi connectivity index (χ1v) is 3.81. The van der Waals surface area contributed by atoms with Gasteiger partial charge < -0.3 is 4.74 Å². The van der Waals surface area contributed by atoms with Gasteiger partial charge in [0.25, 0.3) is 0 Å². The largest absolute Gasteiger partial charge is 0.465 e. The van der Waals surface area contributed by atoms with Crippen LogP contribution in [0.15, 0.2) is 0 Å². The molecule has 0 aromatic heterocycles. The molecular weight excluding hydrogens is 128 g/mol. The van der Waals surface area contributed by atoms with E-state index in [1.165, 1.54) is 0 Å². The van der Waals surface area contributed by atoms with Crippen molar-refractivity contribution in [2.45, 2.75) is 33.1 Å². The zero-order valence-corrected chi connectivity index (χ0v) is 6.72. The van der Waals surface area contributed by atoms with Crippen LogP contribution in [0.25, 0.3) is 0 Å². The molecule has 0 aromatic rings. The van der Waals surface area contributed by atoms with Crippen molar-refractivity contribution >= 4 is 5.97 Å². The molecule has 0 aliphatic heterocycles. The van der Waals surface area contributed by atoms with E-state index < -0.39 is 0 Å². The summed E-state index contributed by atoms with van der Waals surface area (Å²) in [5.41, 5.74) is 0. The van der Waals surface area contributed by atoms with Crippen LogP contribution in [0.2, 0.25) is 0 Å². The number of hydrogen-bond donors (Lipinski definition) is 0. The van der Waals surface area contributed by atoms with Gasteiger partial charge in [-0.05, 0) is 12.8 Å². The van der Waals surface area contributed by atoms with Gasteiger partial charge in [-0.15, -0.1) is 0 Å². The average molecular weight is 143 g/mol. The molecule has 0 heterocycles. The van der Waals surface area contributed by atoms with Crippen LogP contribution in [-0.2, 0) is 9.53 Å². The second kappa shape index (κ2) is 6.59. The van der Waals surface area contributed by atoms with E-state index >= 15 is 0 Å². The lowest BCUT2D eigenvalue weighted by Gasteiger charge is -2.00. The predicted octanol–water partition coefficient (Wildman–Crippen LogP) is 1.94. The van der Waals surface area contributed by atoms with Crippen LogP contribution in [0.4, 0.5) is 0 Å². The summed E-state index contributed by atoms with van der Waals surface area (Å²) >= 11 is 0. The van der Waals surface area contributed by atoms with Gasteiger partial charge in [0.1, 0.15) is 0 Å². The molecule has 2 nitrogen and oxygen atoms in total. The summed E-state index contributed by atoms with van der Waals surface area (Å²) in [4.78, 5) is 10.6. The standard InChI is InChI=1S/C8H15O2/c1-3-5-7-10-8(9)6-4-2/h6H,3-5,7H2,1-2H3. The number of carbonyl (C=O) groups is 1. The maximum absolute atomic E-state index is 10.6. The SMILES string of the molecule is CC[CH]C(=O)OCCCC. The van der Waals surface area contributed by atoms with Crippen LogP contribution in [0.3, 0.4) is 0 Å². The second-order valence-electron chi connectivity index (χ2n) is 2.13. The fourth-order valence-electron chi connectivity index (χ4n) is 0.543. The zero-order valence-electron chi connectivity index (χ0n) is 6.72. The quantitative estimate of drug-likeness (QED) is 0.434. The third-order valence-electron chi connectivity index (χ3n) is 1.11. The van der Waals surface area contributed by atoms with Crippen molar-refractivity contribution < 1.29 is 9.53 Å². The highest BCUT2D eigenvalue weighted by Gasteiger charge is 1.98. The van der Waals surface area contributed by atoms with Gasteiger partial charge in [-0.2, -0.15) is 0 Å². The lowest BCUT2D eigenvalue weighted by atomic mass is 10.3. The minimum Gasteiger partial charge on any atom is -0.465 e. The molecular formula is C8H15O2. The maximum atomic E-state index is 10.6.